The Labute approximate surface area is 149 Å². The summed E-state index contributed by atoms with van der Waals surface area (Å²) in [6.45, 7) is 1.40. The first-order valence-corrected chi connectivity index (χ1v) is 8.26. The molecular weight excluding hydrogens is 341 g/mol. The lowest BCUT2D eigenvalue weighted by Crippen LogP contribution is -2.58. The molecule has 26 heavy (non-hydrogen) atoms. The number of carbonyl (C=O) groups is 2. The van der Waals surface area contributed by atoms with Crippen molar-refractivity contribution in [2.75, 3.05) is 30.7 Å². The Bertz CT molecular complexity index is 777. The summed E-state index contributed by atoms with van der Waals surface area (Å²) >= 11 is 0. The van der Waals surface area contributed by atoms with Crippen LogP contribution < -0.4 is 16.4 Å². The first kappa shape index (κ1) is 17.8. The molecule has 3 rings (SSSR count). The van der Waals surface area contributed by atoms with Crippen molar-refractivity contribution in [1.29, 1.82) is 0 Å². The van der Waals surface area contributed by atoms with Gasteiger partial charge >= 0.3 is 0 Å². The van der Waals surface area contributed by atoms with Gasteiger partial charge in [0.2, 0.25) is 17.8 Å². The number of halogens is 1. The normalized spacial score (nSPS) is 17.1. The van der Waals surface area contributed by atoms with Gasteiger partial charge in [0.1, 0.15) is 17.7 Å². The molecule has 0 bridgehead atoms. The van der Waals surface area contributed by atoms with Crippen molar-refractivity contribution in [2.24, 2.45) is 0 Å². The molecule has 1 aromatic carbocycles. The molecular formula is C16H20FN7O2. The summed E-state index contributed by atoms with van der Waals surface area (Å²) in [6, 6.07) is 4.84. The molecule has 5 N–H and O–H groups in total. The van der Waals surface area contributed by atoms with Crippen LogP contribution in [0.3, 0.4) is 0 Å². The summed E-state index contributed by atoms with van der Waals surface area (Å²) in [5.41, 5.74) is 5.92. The molecule has 2 amide bonds. The lowest BCUT2D eigenvalue weighted by molar-refractivity contribution is -0.139. The number of aromatic nitrogens is 3. The van der Waals surface area contributed by atoms with E-state index in [0.29, 0.717) is 37.6 Å². The summed E-state index contributed by atoms with van der Waals surface area (Å²) < 4.78 is 13.0. The van der Waals surface area contributed by atoms with Gasteiger partial charge < -0.3 is 21.3 Å². The number of anilines is 2. The van der Waals surface area contributed by atoms with Gasteiger partial charge in [-0.25, -0.2) is 4.39 Å². The highest BCUT2D eigenvalue weighted by atomic mass is 19.1. The van der Waals surface area contributed by atoms with Crippen molar-refractivity contribution in [2.45, 2.75) is 18.9 Å². The fraction of sp³-hybridized carbons (Fsp3) is 0.375. The summed E-state index contributed by atoms with van der Waals surface area (Å²) in [6.07, 6.45) is 0.550. The first-order chi connectivity index (χ1) is 12.5. The van der Waals surface area contributed by atoms with Crippen LogP contribution >= 0.6 is 0 Å². The van der Waals surface area contributed by atoms with E-state index < -0.39 is 6.04 Å². The number of nitrogen functional groups attached to an aromatic ring is 1. The molecule has 1 unspecified atom stereocenters. The molecule has 0 aliphatic carbocycles. The van der Waals surface area contributed by atoms with Gasteiger partial charge in [0, 0.05) is 38.2 Å². The molecule has 1 aliphatic heterocycles. The van der Waals surface area contributed by atoms with E-state index in [0.717, 1.165) is 0 Å². The molecule has 1 aliphatic rings. The number of aryl methyl sites for hydroxylation is 1. The zero-order valence-corrected chi connectivity index (χ0v) is 14.0. The number of rotatable bonds is 5. The third-order valence-electron chi connectivity index (χ3n) is 4.10. The Morgan fingerprint density at radius 3 is 2.81 bits per heavy atom. The number of amides is 2. The minimum absolute atomic E-state index is 0.131. The van der Waals surface area contributed by atoms with Crippen molar-refractivity contribution < 1.29 is 14.0 Å². The summed E-state index contributed by atoms with van der Waals surface area (Å²) in [4.78, 5) is 30.6. The fourth-order valence-electron chi connectivity index (χ4n) is 2.79. The van der Waals surface area contributed by atoms with Gasteiger partial charge in [-0.15, -0.1) is 5.10 Å². The van der Waals surface area contributed by atoms with E-state index in [9.17, 15) is 14.0 Å². The summed E-state index contributed by atoms with van der Waals surface area (Å²) in [5, 5.41) is 12.2. The van der Waals surface area contributed by atoms with Gasteiger partial charge in [-0.3, -0.25) is 14.7 Å². The van der Waals surface area contributed by atoms with Crippen molar-refractivity contribution in [3.8, 4) is 0 Å². The molecule has 10 heteroatoms. The second-order valence-electron chi connectivity index (χ2n) is 5.94. The number of hydrogen-bond donors (Lipinski definition) is 4. The maximum atomic E-state index is 13.0. The number of nitrogens with zero attached hydrogens (tertiary/aromatic N) is 3. The molecule has 138 valence electrons. The maximum Gasteiger partial charge on any atom is 0.248 e. The van der Waals surface area contributed by atoms with Crippen LogP contribution in [0.5, 0.6) is 0 Å². The second-order valence-corrected chi connectivity index (χ2v) is 5.94. The highest BCUT2D eigenvalue weighted by Gasteiger charge is 2.31. The van der Waals surface area contributed by atoms with E-state index in [1.54, 1.807) is 4.90 Å². The number of nitrogens with one attached hydrogen (secondary N) is 3. The van der Waals surface area contributed by atoms with Crippen LogP contribution in [0.2, 0.25) is 0 Å². The topological polar surface area (TPSA) is 129 Å². The minimum Gasteiger partial charge on any atom is -0.367 e. The lowest BCUT2D eigenvalue weighted by atomic mass is 10.1. The van der Waals surface area contributed by atoms with Crippen LogP contribution in [0.25, 0.3) is 0 Å². The Kier molecular flexibility index (Phi) is 5.42. The van der Waals surface area contributed by atoms with Gasteiger partial charge in [0.25, 0.3) is 0 Å². The Morgan fingerprint density at radius 2 is 2.12 bits per heavy atom. The van der Waals surface area contributed by atoms with Crippen molar-refractivity contribution in [3.63, 3.8) is 0 Å². The predicted octanol–water partition coefficient (Wildman–Crippen LogP) is -0.102. The molecule has 2 aromatic rings. The van der Waals surface area contributed by atoms with E-state index in [2.05, 4.69) is 25.8 Å². The number of piperazine rings is 1. The average Bonchev–Trinajstić information content (AvgIpc) is 3.07. The zero-order valence-electron chi connectivity index (χ0n) is 14.0. The van der Waals surface area contributed by atoms with Crippen LogP contribution in [0.15, 0.2) is 24.3 Å². The van der Waals surface area contributed by atoms with E-state index in [4.69, 9.17) is 5.73 Å². The van der Waals surface area contributed by atoms with Crippen LogP contribution in [0, 0.1) is 5.82 Å². The average molecular weight is 361 g/mol. The molecule has 1 atom stereocenters. The van der Waals surface area contributed by atoms with E-state index >= 15 is 0 Å². The zero-order chi connectivity index (χ0) is 18.5. The van der Waals surface area contributed by atoms with Crippen molar-refractivity contribution in [1.82, 2.24) is 25.4 Å². The molecule has 9 nitrogen and oxygen atoms in total. The van der Waals surface area contributed by atoms with Crippen LogP contribution in [-0.2, 0) is 16.0 Å². The Balaban J connectivity index is 1.61. The molecule has 0 radical (unpaired) electrons. The van der Waals surface area contributed by atoms with Crippen molar-refractivity contribution in [3.05, 3.63) is 35.9 Å². The number of aromatic amines is 1. The number of nitrogens with two attached hydrogens (primary N) is 1. The first-order valence-electron chi connectivity index (χ1n) is 8.26. The molecule has 1 saturated heterocycles. The molecule has 1 aromatic heterocycles. The van der Waals surface area contributed by atoms with Gasteiger partial charge in [-0.1, -0.05) is 0 Å². The van der Waals surface area contributed by atoms with Crippen LogP contribution in [0.4, 0.5) is 16.0 Å². The second kappa shape index (κ2) is 7.91. The quantitative estimate of drug-likeness (QED) is 0.588. The summed E-state index contributed by atoms with van der Waals surface area (Å²) in [5.74, 6) is -0.196. The highest BCUT2D eigenvalue weighted by Crippen LogP contribution is 2.13. The predicted molar refractivity (Wildman–Crippen MR) is 92.5 cm³/mol. The monoisotopic (exact) mass is 361 g/mol. The molecule has 2 heterocycles. The number of H-pyrrole nitrogens is 1. The van der Waals surface area contributed by atoms with Gasteiger partial charge in [-0.2, -0.15) is 4.98 Å². The Hall–Kier alpha value is -3.01. The third-order valence-corrected chi connectivity index (χ3v) is 4.10. The Morgan fingerprint density at radius 1 is 1.35 bits per heavy atom. The van der Waals surface area contributed by atoms with E-state index in [1.165, 1.54) is 24.3 Å². The van der Waals surface area contributed by atoms with Gasteiger partial charge in [0.15, 0.2) is 0 Å². The van der Waals surface area contributed by atoms with Gasteiger partial charge in [0.05, 0.1) is 0 Å². The number of carbonyl (C=O) groups excluding carboxylic acids is 2. The van der Waals surface area contributed by atoms with Gasteiger partial charge in [-0.05, 0) is 24.3 Å². The standard InChI is InChI=1S/C16H20FN7O2/c17-10-1-3-11(4-2-10)20-15(26)12-9-19-7-8-24(12)14(25)6-5-13-21-16(18)23-22-13/h1-4,12,19H,5-9H2,(H,20,26)(H3,18,21,22,23). The number of benzene rings is 1. The molecule has 0 saturated carbocycles. The molecule has 1 fully saturated rings. The largest absolute Gasteiger partial charge is 0.367 e. The summed E-state index contributed by atoms with van der Waals surface area (Å²) in [7, 11) is 0. The molecule has 0 spiro atoms. The SMILES string of the molecule is Nc1n[nH]c(CCC(=O)N2CCNCC2C(=O)Nc2ccc(F)cc2)n1. The maximum absolute atomic E-state index is 13.0. The highest BCUT2D eigenvalue weighted by molar-refractivity contribution is 5.97. The van der Waals surface area contributed by atoms with E-state index in [-0.39, 0.29) is 30.0 Å². The number of hydrogen-bond acceptors (Lipinski definition) is 6. The van der Waals surface area contributed by atoms with Crippen molar-refractivity contribution >= 4 is 23.5 Å². The fourth-order valence-corrected chi connectivity index (χ4v) is 2.79. The van der Waals surface area contributed by atoms with E-state index in [1.807, 2.05) is 0 Å². The van der Waals surface area contributed by atoms with Crippen LogP contribution in [-0.4, -0.2) is 57.6 Å². The van der Waals surface area contributed by atoms with Crippen LogP contribution in [0.1, 0.15) is 12.2 Å². The minimum atomic E-state index is -0.638. The smallest absolute Gasteiger partial charge is 0.248 e. The lowest BCUT2D eigenvalue weighted by Gasteiger charge is -2.35. The third kappa shape index (κ3) is 4.33.